The summed E-state index contributed by atoms with van der Waals surface area (Å²) in [7, 11) is 1.66. The van der Waals surface area contributed by atoms with Crippen LogP contribution in [0.4, 0.5) is 0 Å². The molecule has 0 saturated carbocycles. The predicted octanol–water partition coefficient (Wildman–Crippen LogP) is 2.70. The largest absolute Gasteiger partial charge is 0.481 e. The van der Waals surface area contributed by atoms with Crippen molar-refractivity contribution < 1.29 is 4.74 Å². The summed E-state index contributed by atoms with van der Waals surface area (Å²) in [5, 5.41) is 0. The second kappa shape index (κ2) is 5.83. The van der Waals surface area contributed by atoms with Crippen molar-refractivity contribution >= 4 is 15.9 Å². The summed E-state index contributed by atoms with van der Waals surface area (Å²) in [6, 6.07) is 5.94. The lowest BCUT2D eigenvalue weighted by atomic mass is 9.99. The molecule has 0 radical (unpaired) electrons. The van der Waals surface area contributed by atoms with Crippen molar-refractivity contribution in [2.24, 2.45) is 5.92 Å². The van der Waals surface area contributed by atoms with Crippen LogP contribution in [0.25, 0.3) is 0 Å². The highest BCUT2D eigenvalue weighted by Gasteiger charge is 2.24. The number of nitrogens with zero attached hydrogens (tertiary/aromatic N) is 2. The van der Waals surface area contributed by atoms with Crippen molar-refractivity contribution in [2.45, 2.75) is 24.7 Å². The molecule has 0 N–H and O–H groups in total. The Balaban J connectivity index is 1.96. The third-order valence-corrected chi connectivity index (χ3v) is 4.52. The lowest BCUT2D eigenvalue weighted by molar-refractivity contribution is 0.191. The van der Waals surface area contributed by atoms with Crippen LogP contribution in [0.1, 0.15) is 19.0 Å². The van der Waals surface area contributed by atoms with Gasteiger partial charge in [0.15, 0.2) is 0 Å². The highest BCUT2D eigenvalue weighted by Crippen LogP contribution is 2.24. The van der Waals surface area contributed by atoms with Crippen molar-refractivity contribution in [1.82, 2.24) is 9.88 Å². The first-order valence-corrected chi connectivity index (χ1v) is 6.97. The Labute approximate surface area is 111 Å². The third-order valence-electron chi connectivity index (χ3n) is 3.33. The van der Waals surface area contributed by atoms with Gasteiger partial charge in [-0.2, -0.15) is 0 Å². The summed E-state index contributed by atoms with van der Waals surface area (Å²) in [5.41, 5.74) is 1.08. The molecule has 2 unspecified atom stereocenters. The van der Waals surface area contributed by atoms with Crippen LogP contribution in [0.3, 0.4) is 0 Å². The molecule has 94 valence electrons. The van der Waals surface area contributed by atoms with Crippen LogP contribution >= 0.6 is 15.9 Å². The van der Waals surface area contributed by atoms with Crippen molar-refractivity contribution in [3.63, 3.8) is 0 Å². The Hall–Kier alpha value is -0.610. The smallest absolute Gasteiger partial charge is 0.213 e. The summed E-state index contributed by atoms with van der Waals surface area (Å²) in [5.74, 6) is 1.47. The summed E-state index contributed by atoms with van der Waals surface area (Å²) < 4.78 is 5.14. The van der Waals surface area contributed by atoms with Gasteiger partial charge < -0.3 is 4.74 Å². The number of hydrogen-bond donors (Lipinski definition) is 0. The standard InChI is InChI=1S/C13H19BrN2O/c1-10-6-7-16(9-12(10)14)8-11-4-3-5-13(15-11)17-2/h3-5,10,12H,6-9H2,1-2H3. The molecule has 1 saturated heterocycles. The number of halogens is 1. The Bertz CT molecular complexity index is 372. The van der Waals surface area contributed by atoms with Gasteiger partial charge in [0.1, 0.15) is 0 Å². The highest BCUT2D eigenvalue weighted by atomic mass is 79.9. The van der Waals surface area contributed by atoms with Gasteiger partial charge >= 0.3 is 0 Å². The van der Waals surface area contributed by atoms with E-state index in [4.69, 9.17) is 4.74 Å². The van der Waals surface area contributed by atoms with E-state index < -0.39 is 0 Å². The molecule has 1 aliphatic rings. The van der Waals surface area contributed by atoms with E-state index in [1.54, 1.807) is 7.11 Å². The number of hydrogen-bond acceptors (Lipinski definition) is 3. The maximum absolute atomic E-state index is 5.14. The Morgan fingerprint density at radius 3 is 3.06 bits per heavy atom. The van der Waals surface area contributed by atoms with Crippen LogP contribution in [0.15, 0.2) is 18.2 Å². The van der Waals surface area contributed by atoms with Gasteiger partial charge in [-0.05, 0) is 24.9 Å². The van der Waals surface area contributed by atoms with E-state index in [1.165, 1.54) is 6.42 Å². The van der Waals surface area contributed by atoms with Crippen LogP contribution in [0.2, 0.25) is 0 Å². The minimum atomic E-state index is 0.599. The molecule has 0 aromatic carbocycles. The van der Waals surface area contributed by atoms with Crippen LogP contribution in [-0.4, -0.2) is 34.9 Å². The van der Waals surface area contributed by atoms with Crippen LogP contribution < -0.4 is 4.74 Å². The molecule has 1 aromatic rings. The Morgan fingerprint density at radius 2 is 2.35 bits per heavy atom. The maximum atomic E-state index is 5.14. The molecule has 3 nitrogen and oxygen atoms in total. The van der Waals surface area contributed by atoms with Crippen molar-refractivity contribution in [2.75, 3.05) is 20.2 Å². The maximum Gasteiger partial charge on any atom is 0.213 e. The Morgan fingerprint density at radius 1 is 1.53 bits per heavy atom. The van der Waals surface area contributed by atoms with E-state index in [0.717, 1.165) is 31.2 Å². The highest BCUT2D eigenvalue weighted by molar-refractivity contribution is 9.09. The summed E-state index contributed by atoms with van der Waals surface area (Å²) >= 11 is 3.75. The zero-order valence-electron chi connectivity index (χ0n) is 10.4. The fourth-order valence-electron chi connectivity index (χ4n) is 2.12. The second-order valence-corrected chi connectivity index (χ2v) is 5.86. The van der Waals surface area contributed by atoms with Gasteiger partial charge in [-0.3, -0.25) is 4.90 Å². The molecule has 2 atom stereocenters. The monoisotopic (exact) mass is 298 g/mol. The molecule has 2 rings (SSSR count). The topological polar surface area (TPSA) is 25.4 Å². The number of likely N-dealkylation sites (tertiary alicyclic amines) is 1. The van der Waals surface area contributed by atoms with Crippen molar-refractivity contribution in [3.05, 3.63) is 23.9 Å². The fraction of sp³-hybridized carbons (Fsp3) is 0.615. The average Bonchev–Trinajstić information content (AvgIpc) is 2.34. The van der Waals surface area contributed by atoms with Gasteiger partial charge in [-0.15, -0.1) is 0 Å². The molecular formula is C13H19BrN2O. The quantitative estimate of drug-likeness (QED) is 0.802. The van der Waals surface area contributed by atoms with Crippen LogP contribution in [0, 0.1) is 5.92 Å². The fourth-order valence-corrected chi connectivity index (χ4v) is 2.79. The number of aromatic nitrogens is 1. The minimum absolute atomic E-state index is 0.599. The molecule has 2 heterocycles. The molecule has 1 fully saturated rings. The SMILES string of the molecule is COc1cccc(CN2CCC(C)C(Br)C2)n1. The Kier molecular flexibility index (Phi) is 4.40. The van der Waals surface area contributed by atoms with Crippen molar-refractivity contribution in [3.8, 4) is 5.88 Å². The molecule has 4 heteroatoms. The van der Waals surface area contributed by atoms with Gasteiger partial charge in [0, 0.05) is 24.0 Å². The average molecular weight is 299 g/mol. The van der Waals surface area contributed by atoms with Gasteiger partial charge in [0.05, 0.1) is 12.8 Å². The van der Waals surface area contributed by atoms with Gasteiger partial charge in [-0.1, -0.05) is 28.9 Å². The normalized spacial score (nSPS) is 25.8. The first-order valence-electron chi connectivity index (χ1n) is 6.05. The predicted molar refractivity (Wildman–Crippen MR) is 72.6 cm³/mol. The number of piperidine rings is 1. The first kappa shape index (κ1) is 12.8. The van der Waals surface area contributed by atoms with Gasteiger partial charge in [0.25, 0.3) is 0 Å². The molecular weight excluding hydrogens is 280 g/mol. The van der Waals surface area contributed by atoms with Crippen LogP contribution in [-0.2, 0) is 6.54 Å². The number of alkyl halides is 1. The molecule has 17 heavy (non-hydrogen) atoms. The molecule has 1 aliphatic heterocycles. The van der Waals surface area contributed by atoms with E-state index in [1.807, 2.05) is 12.1 Å². The molecule has 0 spiro atoms. The molecule has 0 aliphatic carbocycles. The molecule has 1 aromatic heterocycles. The van der Waals surface area contributed by atoms with Gasteiger partial charge in [-0.25, -0.2) is 4.98 Å². The second-order valence-electron chi connectivity index (χ2n) is 4.69. The molecule has 0 bridgehead atoms. The summed E-state index contributed by atoms with van der Waals surface area (Å²) in [6.07, 6.45) is 1.25. The number of methoxy groups -OCH3 is 1. The van der Waals surface area contributed by atoms with E-state index in [9.17, 15) is 0 Å². The van der Waals surface area contributed by atoms with E-state index >= 15 is 0 Å². The van der Waals surface area contributed by atoms with Crippen LogP contribution in [0.5, 0.6) is 5.88 Å². The van der Waals surface area contributed by atoms with E-state index in [-0.39, 0.29) is 0 Å². The van der Waals surface area contributed by atoms with E-state index in [0.29, 0.717) is 10.7 Å². The number of ether oxygens (including phenoxy) is 1. The lowest BCUT2D eigenvalue weighted by Gasteiger charge is -2.33. The first-order chi connectivity index (χ1) is 8.19. The molecule has 0 amide bonds. The number of pyridine rings is 1. The summed E-state index contributed by atoms with van der Waals surface area (Å²) in [4.78, 5) is 7.49. The lowest BCUT2D eigenvalue weighted by Crippen LogP contribution is -2.39. The van der Waals surface area contributed by atoms with E-state index in [2.05, 4.69) is 38.8 Å². The zero-order valence-corrected chi connectivity index (χ0v) is 12.0. The zero-order chi connectivity index (χ0) is 12.3. The third kappa shape index (κ3) is 3.42. The van der Waals surface area contributed by atoms with Crippen molar-refractivity contribution in [1.29, 1.82) is 0 Å². The van der Waals surface area contributed by atoms with Gasteiger partial charge in [0.2, 0.25) is 5.88 Å². The summed E-state index contributed by atoms with van der Waals surface area (Å²) in [6.45, 7) is 5.47. The number of rotatable bonds is 3. The minimum Gasteiger partial charge on any atom is -0.481 e.